The highest BCUT2D eigenvalue weighted by Gasteiger charge is 2.46. The fourth-order valence-corrected chi connectivity index (χ4v) is 3.35. The molecular weight excluding hydrogens is 302 g/mol. The van der Waals surface area contributed by atoms with Crippen molar-refractivity contribution in [2.75, 3.05) is 18.0 Å². The van der Waals surface area contributed by atoms with Crippen LogP contribution in [0.5, 0.6) is 0 Å². The molecular formula is C13H13N7OS. The Kier molecular flexibility index (Phi) is 2.91. The van der Waals surface area contributed by atoms with Gasteiger partial charge in [0.1, 0.15) is 11.3 Å². The third-order valence-corrected chi connectivity index (χ3v) is 4.67. The average Bonchev–Trinajstić information content (AvgIpc) is 3.14. The highest BCUT2D eigenvalue weighted by atomic mass is 32.1. The molecule has 1 saturated heterocycles. The van der Waals surface area contributed by atoms with Gasteiger partial charge < -0.3 is 10.0 Å². The third-order valence-electron chi connectivity index (χ3n) is 3.66. The number of hydrogen-bond donors (Lipinski definition) is 1. The molecule has 4 rings (SSSR count). The first-order valence-corrected chi connectivity index (χ1v) is 7.55. The first kappa shape index (κ1) is 13.3. The van der Waals surface area contributed by atoms with Crippen molar-refractivity contribution in [1.82, 2.24) is 30.2 Å². The molecule has 3 aromatic heterocycles. The predicted octanol–water partition coefficient (Wildman–Crippen LogP) is 0.436. The molecule has 3 aromatic rings. The summed E-state index contributed by atoms with van der Waals surface area (Å²) in [4.78, 5) is 6.25. The monoisotopic (exact) mass is 315 g/mol. The number of anilines is 1. The van der Waals surface area contributed by atoms with Crippen LogP contribution in [0, 0.1) is 0 Å². The Labute approximate surface area is 130 Å². The molecule has 1 fully saturated rings. The topological polar surface area (TPSA) is 92.8 Å². The Morgan fingerprint density at radius 3 is 2.82 bits per heavy atom. The van der Waals surface area contributed by atoms with Gasteiger partial charge in [0.15, 0.2) is 5.01 Å². The zero-order valence-electron chi connectivity index (χ0n) is 11.8. The lowest BCUT2D eigenvalue weighted by atomic mass is 9.91. The minimum Gasteiger partial charge on any atom is -0.380 e. The van der Waals surface area contributed by atoms with Crippen LogP contribution in [0.1, 0.15) is 5.69 Å². The number of aromatic nitrogens is 6. The SMILES string of the molecule is Cn1nncc1C1(O)CN(c2nnc(-c3ccccn3)s2)C1. The molecule has 1 aliphatic rings. The average molecular weight is 315 g/mol. The summed E-state index contributed by atoms with van der Waals surface area (Å²) in [6.07, 6.45) is 3.32. The zero-order chi connectivity index (χ0) is 15.2. The zero-order valence-corrected chi connectivity index (χ0v) is 12.6. The van der Waals surface area contributed by atoms with Crippen molar-refractivity contribution in [2.24, 2.45) is 7.05 Å². The maximum Gasteiger partial charge on any atom is 0.208 e. The lowest BCUT2D eigenvalue weighted by Crippen LogP contribution is -2.60. The molecule has 0 spiro atoms. The van der Waals surface area contributed by atoms with Crippen LogP contribution in [0.4, 0.5) is 5.13 Å². The summed E-state index contributed by atoms with van der Waals surface area (Å²) in [5.41, 5.74) is 0.575. The maximum absolute atomic E-state index is 10.6. The smallest absolute Gasteiger partial charge is 0.208 e. The number of nitrogens with zero attached hydrogens (tertiary/aromatic N) is 7. The Bertz CT molecular complexity index is 794. The van der Waals surface area contributed by atoms with Crippen molar-refractivity contribution < 1.29 is 5.11 Å². The second kappa shape index (κ2) is 4.82. The van der Waals surface area contributed by atoms with E-state index in [1.165, 1.54) is 11.3 Å². The van der Waals surface area contributed by atoms with E-state index in [0.717, 1.165) is 15.8 Å². The van der Waals surface area contributed by atoms with E-state index in [1.54, 1.807) is 24.1 Å². The largest absolute Gasteiger partial charge is 0.380 e. The standard InChI is InChI=1S/C13H13N7OS/c1-19-10(6-15-18-19)13(21)7-20(8-13)12-17-16-11(22-12)9-4-2-3-5-14-9/h2-6,21H,7-8H2,1H3. The highest BCUT2D eigenvalue weighted by Crippen LogP contribution is 2.37. The summed E-state index contributed by atoms with van der Waals surface area (Å²) in [6, 6.07) is 5.68. The van der Waals surface area contributed by atoms with Gasteiger partial charge in [-0.05, 0) is 12.1 Å². The highest BCUT2D eigenvalue weighted by molar-refractivity contribution is 7.18. The Hall–Kier alpha value is -2.39. The molecule has 0 unspecified atom stereocenters. The molecule has 0 atom stereocenters. The van der Waals surface area contributed by atoms with E-state index in [2.05, 4.69) is 25.5 Å². The molecule has 9 heteroatoms. The number of pyridine rings is 1. The fourth-order valence-electron chi connectivity index (χ4n) is 2.53. The summed E-state index contributed by atoms with van der Waals surface area (Å²) in [5, 5.41) is 28.2. The van der Waals surface area contributed by atoms with Crippen molar-refractivity contribution in [3.8, 4) is 10.7 Å². The quantitative estimate of drug-likeness (QED) is 0.749. The van der Waals surface area contributed by atoms with Gasteiger partial charge in [-0.3, -0.25) is 4.98 Å². The minimum atomic E-state index is -0.935. The van der Waals surface area contributed by atoms with E-state index in [1.807, 2.05) is 23.1 Å². The van der Waals surface area contributed by atoms with Crippen molar-refractivity contribution in [1.29, 1.82) is 0 Å². The Morgan fingerprint density at radius 1 is 1.27 bits per heavy atom. The van der Waals surface area contributed by atoms with Gasteiger partial charge in [-0.15, -0.1) is 15.3 Å². The predicted molar refractivity (Wildman–Crippen MR) is 80.3 cm³/mol. The first-order valence-electron chi connectivity index (χ1n) is 6.73. The van der Waals surface area contributed by atoms with E-state index < -0.39 is 5.60 Å². The molecule has 1 N–H and O–H groups in total. The third kappa shape index (κ3) is 2.06. The molecule has 4 heterocycles. The van der Waals surface area contributed by atoms with Crippen molar-refractivity contribution >= 4 is 16.5 Å². The molecule has 8 nitrogen and oxygen atoms in total. The van der Waals surface area contributed by atoms with Crippen molar-refractivity contribution in [3.05, 3.63) is 36.3 Å². The molecule has 0 saturated carbocycles. The number of aryl methyl sites for hydroxylation is 1. The van der Waals surface area contributed by atoms with Crippen LogP contribution in [0.25, 0.3) is 10.7 Å². The normalized spacial score (nSPS) is 16.5. The summed E-state index contributed by atoms with van der Waals surface area (Å²) in [7, 11) is 1.77. The van der Waals surface area contributed by atoms with E-state index in [9.17, 15) is 5.11 Å². The van der Waals surface area contributed by atoms with Gasteiger partial charge in [0.05, 0.1) is 25.0 Å². The number of aliphatic hydroxyl groups is 1. The maximum atomic E-state index is 10.6. The van der Waals surface area contributed by atoms with Crippen LogP contribution in [0.15, 0.2) is 30.6 Å². The number of rotatable bonds is 3. The number of hydrogen-bond acceptors (Lipinski definition) is 8. The molecule has 0 aliphatic carbocycles. The van der Waals surface area contributed by atoms with Crippen LogP contribution < -0.4 is 4.90 Å². The minimum absolute atomic E-state index is 0.449. The molecule has 0 amide bonds. The fraction of sp³-hybridized carbons (Fsp3) is 0.308. The van der Waals surface area contributed by atoms with Gasteiger partial charge in [0.2, 0.25) is 5.13 Å². The van der Waals surface area contributed by atoms with Gasteiger partial charge in [-0.25, -0.2) is 4.68 Å². The summed E-state index contributed by atoms with van der Waals surface area (Å²) in [5.74, 6) is 0. The molecule has 0 aromatic carbocycles. The van der Waals surface area contributed by atoms with Crippen molar-refractivity contribution in [2.45, 2.75) is 5.60 Å². The van der Waals surface area contributed by atoms with Gasteiger partial charge in [-0.1, -0.05) is 22.6 Å². The summed E-state index contributed by atoms with van der Waals surface area (Å²) >= 11 is 1.46. The first-order chi connectivity index (χ1) is 10.7. The van der Waals surface area contributed by atoms with Gasteiger partial charge >= 0.3 is 0 Å². The van der Waals surface area contributed by atoms with Crippen molar-refractivity contribution in [3.63, 3.8) is 0 Å². The second-order valence-electron chi connectivity index (χ2n) is 5.24. The molecule has 0 radical (unpaired) electrons. The van der Waals surface area contributed by atoms with Crippen LogP contribution in [-0.4, -0.2) is 48.4 Å². The summed E-state index contributed by atoms with van der Waals surface area (Å²) in [6.45, 7) is 0.899. The van der Waals surface area contributed by atoms with Crippen LogP contribution in [-0.2, 0) is 12.6 Å². The van der Waals surface area contributed by atoms with E-state index in [0.29, 0.717) is 18.8 Å². The van der Waals surface area contributed by atoms with Gasteiger partial charge in [0.25, 0.3) is 0 Å². The van der Waals surface area contributed by atoms with E-state index in [-0.39, 0.29) is 0 Å². The van der Waals surface area contributed by atoms with Crippen LogP contribution >= 0.6 is 11.3 Å². The second-order valence-corrected chi connectivity index (χ2v) is 6.19. The van der Waals surface area contributed by atoms with Gasteiger partial charge in [-0.2, -0.15) is 0 Å². The Balaban J connectivity index is 1.52. The number of β-amino-alcohol motifs (C(OH)–C–C–N with tert-alkyl or cyclic N) is 1. The lowest BCUT2D eigenvalue weighted by molar-refractivity contribution is -0.000111. The molecule has 112 valence electrons. The molecule has 22 heavy (non-hydrogen) atoms. The molecule has 0 bridgehead atoms. The summed E-state index contributed by atoms with van der Waals surface area (Å²) < 4.78 is 1.59. The van der Waals surface area contributed by atoms with E-state index in [4.69, 9.17) is 0 Å². The van der Waals surface area contributed by atoms with E-state index >= 15 is 0 Å². The van der Waals surface area contributed by atoms with Gasteiger partial charge in [0, 0.05) is 13.2 Å². The molecule has 1 aliphatic heterocycles. The van der Waals surface area contributed by atoms with Crippen LogP contribution in [0.3, 0.4) is 0 Å². The lowest BCUT2D eigenvalue weighted by Gasteiger charge is -2.45. The Morgan fingerprint density at radius 2 is 2.14 bits per heavy atom. The van der Waals surface area contributed by atoms with Crippen LogP contribution in [0.2, 0.25) is 0 Å².